The molecule has 0 atom stereocenters. The maximum atomic E-state index is 11.7. The minimum atomic E-state index is -1.11. The van der Waals surface area contributed by atoms with Gasteiger partial charge in [0.15, 0.2) is 5.82 Å². The molecule has 0 radical (unpaired) electrons. The second-order valence-corrected chi connectivity index (χ2v) is 7.14. The van der Waals surface area contributed by atoms with Crippen molar-refractivity contribution in [1.29, 1.82) is 0 Å². The molecule has 6 nitrogen and oxygen atoms in total. The molecule has 0 aliphatic carbocycles. The smallest absolute Gasteiger partial charge is 0.352 e. The molecule has 0 unspecified atom stereocenters. The third kappa shape index (κ3) is 4.59. The lowest BCUT2D eigenvalue weighted by Crippen LogP contribution is -2.14. The summed E-state index contributed by atoms with van der Waals surface area (Å²) < 4.78 is 5.23. The average Bonchev–Trinajstić information content (AvgIpc) is 3.43. The van der Waals surface area contributed by atoms with Crippen molar-refractivity contribution in [1.82, 2.24) is 9.97 Å². The molecule has 144 valence electrons. The minimum Gasteiger partial charge on any atom is -0.477 e. The van der Waals surface area contributed by atoms with Gasteiger partial charge in [-0.05, 0) is 29.1 Å². The van der Waals surface area contributed by atoms with Crippen molar-refractivity contribution in [3.8, 4) is 10.6 Å². The summed E-state index contributed by atoms with van der Waals surface area (Å²) in [4.78, 5) is 22.0. The summed E-state index contributed by atoms with van der Waals surface area (Å²) in [6, 6.07) is 17.2. The summed E-state index contributed by atoms with van der Waals surface area (Å²) >= 11 is 1.58. The largest absolute Gasteiger partial charge is 0.477 e. The molecule has 2 N–H and O–H groups in total. The van der Waals surface area contributed by atoms with Gasteiger partial charge in [0.2, 0.25) is 0 Å². The van der Waals surface area contributed by atoms with Crippen molar-refractivity contribution >= 4 is 29.2 Å². The molecule has 0 aliphatic rings. The number of anilines is 1. The Hall–Kier alpha value is -3.71. The first-order chi connectivity index (χ1) is 14.2. The number of aliphatic carboxylic acids is 1. The fourth-order valence-electron chi connectivity index (χ4n) is 2.78. The Kier molecular flexibility index (Phi) is 5.49. The highest BCUT2D eigenvalue weighted by Gasteiger charge is 2.15. The minimum absolute atomic E-state index is 0.0487. The molecule has 4 aromatic rings. The molecule has 0 spiro atoms. The summed E-state index contributed by atoms with van der Waals surface area (Å²) in [5.74, 6) is -0.284. The number of rotatable bonds is 7. The number of hydrogen-bond acceptors (Lipinski definition) is 6. The predicted octanol–water partition coefficient (Wildman–Crippen LogP) is 4.93. The Morgan fingerprint density at radius 1 is 1.14 bits per heavy atom. The first-order valence-corrected chi connectivity index (χ1v) is 9.76. The number of nitrogens with zero attached hydrogens (tertiary/aromatic N) is 2. The van der Waals surface area contributed by atoms with Gasteiger partial charge >= 0.3 is 5.97 Å². The van der Waals surface area contributed by atoms with Gasteiger partial charge in [-0.25, -0.2) is 14.8 Å². The van der Waals surface area contributed by atoms with Crippen molar-refractivity contribution < 1.29 is 14.3 Å². The molecular weight excluding hydrogens is 386 g/mol. The zero-order chi connectivity index (χ0) is 20.1. The van der Waals surface area contributed by atoms with Crippen LogP contribution in [0.4, 0.5) is 5.82 Å². The van der Waals surface area contributed by atoms with Gasteiger partial charge in [-0.1, -0.05) is 36.4 Å². The molecule has 0 bridgehead atoms. The number of carboxylic acids is 1. The highest BCUT2D eigenvalue weighted by Crippen LogP contribution is 2.26. The quantitative estimate of drug-likeness (QED) is 0.426. The summed E-state index contributed by atoms with van der Waals surface area (Å²) in [5, 5.41) is 14.5. The highest BCUT2D eigenvalue weighted by atomic mass is 32.1. The molecule has 1 aromatic carbocycles. The van der Waals surface area contributed by atoms with E-state index in [1.165, 1.54) is 12.3 Å². The molecule has 4 rings (SSSR count). The SMILES string of the molecule is O=C(O)C(=Cc1ccco1)Nc1ncc(-c2cccs2)nc1Cc1ccccc1. The topological polar surface area (TPSA) is 88.2 Å². The van der Waals surface area contributed by atoms with E-state index in [9.17, 15) is 9.90 Å². The van der Waals surface area contributed by atoms with E-state index in [0.29, 0.717) is 23.7 Å². The molecule has 0 aliphatic heterocycles. The Bertz CT molecular complexity index is 1120. The Labute approximate surface area is 171 Å². The highest BCUT2D eigenvalue weighted by molar-refractivity contribution is 7.13. The summed E-state index contributed by atoms with van der Waals surface area (Å²) in [7, 11) is 0. The second-order valence-electron chi connectivity index (χ2n) is 6.19. The first-order valence-electron chi connectivity index (χ1n) is 8.88. The average molecular weight is 403 g/mol. The molecule has 0 saturated heterocycles. The monoisotopic (exact) mass is 403 g/mol. The normalized spacial score (nSPS) is 11.4. The van der Waals surface area contributed by atoms with Crippen LogP contribution < -0.4 is 5.32 Å². The van der Waals surface area contributed by atoms with Crippen LogP contribution in [0.5, 0.6) is 0 Å². The van der Waals surface area contributed by atoms with E-state index in [-0.39, 0.29) is 5.70 Å². The van der Waals surface area contributed by atoms with E-state index >= 15 is 0 Å². The van der Waals surface area contributed by atoms with Gasteiger partial charge in [0.25, 0.3) is 0 Å². The van der Waals surface area contributed by atoms with Crippen LogP contribution in [-0.4, -0.2) is 21.0 Å². The molecule has 29 heavy (non-hydrogen) atoms. The van der Waals surface area contributed by atoms with Gasteiger partial charge in [-0.15, -0.1) is 11.3 Å². The standard InChI is InChI=1S/C22H17N3O3S/c26-22(27)18(13-16-8-4-10-28-16)25-21-17(12-15-6-2-1-3-7-15)24-19(14-23-21)20-9-5-11-29-20/h1-11,13-14H,12H2,(H,23,25)(H,26,27). The fraction of sp³-hybridized carbons (Fsp3) is 0.0455. The van der Waals surface area contributed by atoms with Crippen LogP contribution in [0.2, 0.25) is 0 Å². The molecule has 0 fully saturated rings. The lowest BCUT2D eigenvalue weighted by Gasteiger charge is -2.12. The molecule has 3 aromatic heterocycles. The number of carbonyl (C=O) groups is 1. The van der Waals surface area contributed by atoms with Crippen molar-refractivity contribution in [3.63, 3.8) is 0 Å². The molecule has 7 heteroatoms. The predicted molar refractivity (Wildman–Crippen MR) is 113 cm³/mol. The third-order valence-electron chi connectivity index (χ3n) is 4.15. The zero-order valence-electron chi connectivity index (χ0n) is 15.3. The number of hydrogen-bond donors (Lipinski definition) is 2. The Balaban J connectivity index is 1.72. The van der Waals surface area contributed by atoms with E-state index in [1.54, 1.807) is 29.7 Å². The van der Waals surface area contributed by atoms with E-state index in [0.717, 1.165) is 16.1 Å². The van der Waals surface area contributed by atoms with E-state index in [2.05, 4.69) is 10.3 Å². The summed E-state index contributed by atoms with van der Waals surface area (Å²) in [5.41, 5.74) is 2.42. The van der Waals surface area contributed by atoms with E-state index < -0.39 is 5.97 Å². The van der Waals surface area contributed by atoms with Crippen LogP contribution in [-0.2, 0) is 11.2 Å². The second kappa shape index (κ2) is 8.53. The van der Waals surface area contributed by atoms with Crippen LogP contribution in [0.1, 0.15) is 17.0 Å². The lowest BCUT2D eigenvalue weighted by molar-refractivity contribution is -0.132. The van der Waals surface area contributed by atoms with Crippen molar-refractivity contribution in [2.45, 2.75) is 6.42 Å². The number of thiophene rings is 1. The number of furan rings is 1. The molecule has 0 saturated carbocycles. The number of aromatic nitrogens is 2. The lowest BCUT2D eigenvalue weighted by atomic mass is 10.1. The van der Waals surface area contributed by atoms with Crippen molar-refractivity contribution in [2.75, 3.05) is 5.32 Å². The van der Waals surface area contributed by atoms with E-state index in [4.69, 9.17) is 9.40 Å². The maximum absolute atomic E-state index is 11.7. The van der Waals surface area contributed by atoms with Crippen LogP contribution in [0.25, 0.3) is 16.6 Å². The summed E-state index contributed by atoms with van der Waals surface area (Å²) in [6.45, 7) is 0. The zero-order valence-corrected chi connectivity index (χ0v) is 16.1. The Morgan fingerprint density at radius 2 is 2.00 bits per heavy atom. The van der Waals surface area contributed by atoms with Gasteiger partial charge in [0.05, 0.1) is 28.7 Å². The maximum Gasteiger partial charge on any atom is 0.352 e. The van der Waals surface area contributed by atoms with E-state index in [1.807, 2.05) is 47.8 Å². The number of carboxylic acid groups (broad SMARTS) is 1. The van der Waals surface area contributed by atoms with Gasteiger partial charge in [-0.3, -0.25) is 0 Å². The molecule has 0 amide bonds. The molecular formula is C22H17N3O3S. The van der Waals surface area contributed by atoms with Crippen molar-refractivity contribution in [2.24, 2.45) is 0 Å². The first kappa shape index (κ1) is 18.6. The fourth-order valence-corrected chi connectivity index (χ4v) is 3.46. The van der Waals surface area contributed by atoms with Crippen LogP contribution in [0.15, 0.2) is 82.6 Å². The van der Waals surface area contributed by atoms with Crippen molar-refractivity contribution in [3.05, 3.63) is 95.2 Å². The summed E-state index contributed by atoms with van der Waals surface area (Å²) in [6.07, 6.45) is 5.07. The van der Waals surface area contributed by atoms with Crippen LogP contribution in [0, 0.1) is 0 Å². The van der Waals surface area contributed by atoms with Crippen LogP contribution >= 0.6 is 11.3 Å². The van der Waals surface area contributed by atoms with Gasteiger partial charge < -0.3 is 14.8 Å². The molecule has 3 heterocycles. The number of benzene rings is 1. The van der Waals surface area contributed by atoms with Gasteiger partial charge in [-0.2, -0.15) is 0 Å². The Morgan fingerprint density at radius 3 is 2.69 bits per heavy atom. The third-order valence-corrected chi connectivity index (χ3v) is 5.04. The van der Waals surface area contributed by atoms with Gasteiger partial charge in [0.1, 0.15) is 11.5 Å². The number of nitrogens with one attached hydrogen (secondary N) is 1. The van der Waals surface area contributed by atoms with Gasteiger partial charge in [0, 0.05) is 12.5 Å². The van der Waals surface area contributed by atoms with Crippen LogP contribution in [0.3, 0.4) is 0 Å².